The number of hydrogen-bond donors (Lipinski definition) is 2. The molecule has 0 spiro atoms. The number of aliphatic carboxylic acids is 1. The first-order chi connectivity index (χ1) is 24.2. The second kappa shape index (κ2) is 17.4. The van der Waals surface area contributed by atoms with Gasteiger partial charge in [0.1, 0.15) is 18.4 Å². The second-order valence-electron chi connectivity index (χ2n) is 12.2. The van der Waals surface area contributed by atoms with Gasteiger partial charge in [0.2, 0.25) is 5.91 Å². The van der Waals surface area contributed by atoms with Crippen LogP contribution < -0.4 is 5.32 Å². The zero-order valence-electron chi connectivity index (χ0n) is 28.7. The number of hydrogen-bond acceptors (Lipinski definition) is 8. The molecule has 13 heteroatoms. The third-order valence-electron chi connectivity index (χ3n) is 8.63. The number of carbonyl (C=O) groups is 3. The highest BCUT2D eigenvalue weighted by atomic mass is 32.2. The fourth-order valence-corrected chi connectivity index (χ4v) is 6.63. The van der Waals surface area contributed by atoms with E-state index in [4.69, 9.17) is 9.47 Å². The molecule has 0 aliphatic carbocycles. The highest BCUT2D eigenvalue weighted by Gasteiger charge is 2.38. The van der Waals surface area contributed by atoms with Crippen LogP contribution in [-0.4, -0.2) is 80.4 Å². The van der Waals surface area contributed by atoms with Crippen LogP contribution in [0.25, 0.3) is 11.1 Å². The van der Waals surface area contributed by atoms with E-state index in [0.717, 1.165) is 24.0 Å². The first kappa shape index (κ1) is 38.9. The van der Waals surface area contributed by atoms with Gasteiger partial charge >= 0.3 is 11.9 Å². The van der Waals surface area contributed by atoms with Crippen molar-refractivity contribution in [1.82, 2.24) is 10.2 Å². The summed E-state index contributed by atoms with van der Waals surface area (Å²) in [7, 11) is -3.60. The summed E-state index contributed by atoms with van der Waals surface area (Å²) >= 11 is 0. The number of nitrogens with one attached hydrogen (secondary N) is 1. The molecule has 0 bridgehead atoms. The van der Waals surface area contributed by atoms with E-state index in [2.05, 4.69) is 11.9 Å². The number of halogens is 2. The molecule has 272 valence electrons. The molecule has 51 heavy (non-hydrogen) atoms. The maximum Gasteiger partial charge on any atom is 0.336 e. The van der Waals surface area contributed by atoms with Crippen molar-refractivity contribution in [3.8, 4) is 0 Å². The molecule has 4 rings (SSSR count). The van der Waals surface area contributed by atoms with Gasteiger partial charge in [-0.2, -0.15) is 0 Å². The molecular formula is C38H42F2N2O8S. The number of amides is 1. The molecule has 0 radical (unpaired) electrons. The third-order valence-corrected chi connectivity index (χ3v) is 9.75. The van der Waals surface area contributed by atoms with E-state index in [-0.39, 0.29) is 40.1 Å². The van der Waals surface area contributed by atoms with Crippen LogP contribution in [0.3, 0.4) is 0 Å². The van der Waals surface area contributed by atoms with Gasteiger partial charge in [0.25, 0.3) is 0 Å². The zero-order chi connectivity index (χ0) is 37.3. The fourth-order valence-electron chi connectivity index (χ4n) is 6.00. The van der Waals surface area contributed by atoms with Crippen molar-refractivity contribution >= 4 is 38.8 Å². The molecule has 0 unspecified atom stereocenters. The van der Waals surface area contributed by atoms with Crippen molar-refractivity contribution in [1.29, 1.82) is 0 Å². The number of benzene rings is 3. The minimum absolute atomic E-state index is 0.0396. The number of nitrogens with zero attached hydrogens (tertiary/aromatic N) is 1. The van der Waals surface area contributed by atoms with Crippen molar-refractivity contribution in [2.24, 2.45) is 0 Å². The first-order valence-electron chi connectivity index (χ1n) is 16.5. The van der Waals surface area contributed by atoms with Gasteiger partial charge in [-0.05, 0) is 80.5 Å². The topological polar surface area (TPSA) is 139 Å². The first-order valence-corrected chi connectivity index (χ1v) is 18.4. The van der Waals surface area contributed by atoms with E-state index in [0.29, 0.717) is 44.1 Å². The van der Waals surface area contributed by atoms with Crippen molar-refractivity contribution < 1.29 is 46.2 Å². The van der Waals surface area contributed by atoms with E-state index in [9.17, 15) is 36.7 Å². The lowest BCUT2D eigenvalue weighted by Crippen LogP contribution is -2.52. The molecule has 1 saturated heterocycles. The third kappa shape index (κ3) is 10.1. The highest BCUT2D eigenvalue weighted by molar-refractivity contribution is 7.90. The maximum absolute atomic E-state index is 14.2. The van der Waals surface area contributed by atoms with Gasteiger partial charge in [0.05, 0.1) is 29.2 Å². The Kier molecular flexibility index (Phi) is 13.2. The standard InChI is InChI=1S/C38H42F2N2O8S/c1-5-49-25(3)33(20-13-26-10-7-6-8-11-26)41-24(2)36(43)42-21-9-12-34(42)38(46)50-23-30(27-14-17-29(18-15-27)51(4,47)48)35(37(44)45)28-16-19-31(39)32(40)22-28/h6-8,10-11,14-19,22,24,33-34,41H,3,5,9,12-13,20-21,23H2,1-2,4H3,(H,44,45)/b35-30+/t24-,33+,34+/m0/s1. The maximum atomic E-state index is 14.2. The van der Waals surface area contributed by atoms with Gasteiger partial charge in [-0.1, -0.05) is 55.1 Å². The smallest absolute Gasteiger partial charge is 0.336 e. The molecule has 1 amide bonds. The molecule has 0 aromatic heterocycles. The SMILES string of the molecule is C=C(OCC)[C@@H](CCc1ccccc1)N[C@@H](C)C(=O)N1CCC[C@@H]1C(=O)OC/C(=C(\C(=O)O)c1ccc(F)c(F)c1)c1ccc(S(C)(=O)=O)cc1. The summed E-state index contributed by atoms with van der Waals surface area (Å²) < 4.78 is 63.5. The number of ether oxygens (including phenoxy) is 2. The van der Waals surface area contributed by atoms with Crippen LogP contribution in [0, 0.1) is 11.6 Å². The summed E-state index contributed by atoms with van der Waals surface area (Å²) in [5, 5.41) is 13.5. The summed E-state index contributed by atoms with van der Waals surface area (Å²) in [6, 6.07) is 15.6. The number of carboxylic acids is 1. The molecular weight excluding hydrogens is 682 g/mol. The lowest BCUT2D eigenvalue weighted by atomic mass is 9.95. The van der Waals surface area contributed by atoms with Gasteiger partial charge in [-0.25, -0.2) is 26.8 Å². The zero-order valence-corrected chi connectivity index (χ0v) is 29.5. The van der Waals surface area contributed by atoms with E-state index < -0.39 is 57.7 Å². The Morgan fingerprint density at radius 2 is 1.67 bits per heavy atom. The quantitative estimate of drug-likeness (QED) is 0.0858. The molecule has 3 aromatic carbocycles. The largest absolute Gasteiger partial charge is 0.497 e. The summed E-state index contributed by atoms with van der Waals surface area (Å²) in [6.07, 6.45) is 3.15. The van der Waals surface area contributed by atoms with Crippen LogP contribution in [0.1, 0.15) is 49.8 Å². The molecule has 0 saturated carbocycles. The Morgan fingerprint density at radius 3 is 2.27 bits per heavy atom. The lowest BCUT2D eigenvalue weighted by molar-refractivity contribution is -0.152. The van der Waals surface area contributed by atoms with Crippen LogP contribution in [0.5, 0.6) is 0 Å². The van der Waals surface area contributed by atoms with Gasteiger partial charge in [-0.3, -0.25) is 10.1 Å². The van der Waals surface area contributed by atoms with Crippen molar-refractivity contribution in [2.75, 3.05) is 26.0 Å². The number of rotatable bonds is 16. The monoisotopic (exact) mass is 724 g/mol. The molecule has 1 aliphatic heterocycles. The van der Waals surface area contributed by atoms with E-state index >= 15 is 0 Å². The Hall–Kier alpha value is -4.88. The van der Waals surface area contributed by atoms with E-state index in [1.54, 1.807) is 6.92 Å². The number of esters is 1. The van der Waals surface area contributed by atoms with E-state index in [1.807, 2.05) is 37.3 Å². The predicted octanol–water partition coefficient (Wildman–Crippen LogP) is 5.43. The Morgan fingerprint density at radius 1 is 1.00 bits per heavy atom. The summed E-state index contributed by atoms with van der Waals surface area (Å²) in [6.45, 7) is 7.66. The van der Waals surface area contributed by atoms with Crippen LogP contribution in [0.15, 0.2) is 90.0 Å². The average molecular weight is 725 g/mol. The van der Waals surface area contributed by atoms with Crippen LogP contribution in [0.4, 0.5) is 8.78 Å². The normalized spacial score (nSPS) is 16.2. The van der Waals surface area contributed by atoms with Gasteiger partial charge in [-0.15, -0.1) is 0 Å². The summed E-state index contributed by atoms with van der Waals surface area (Å²) in [5.41, 5.74) is 0.508. The van der Waals surface area contributed by atoms with Crippen molar-refractivity contribution in [2.45, 2.75) is 62.6 Å². The predicted molar refractivity (Wildman–Crippen MR) is 188 cm³/mol. The second-order valence-corrected chi connectivity index (χ2v) is 14.3. The van der Waals surface area contributed by atoms with Gasteiger partial charge < -0.3 is 19.5 Å². The number of likely N-dealkylation sites (tertiary alicyclic amines) is 1. The number of carboxylic acid groups (broad SMARTS) is 1. The molecule has 10 nitrogen and oxygen atoms in total. The number of aryl methyl sites for hydroxylation is 1. The molecule has 3 aromatic rings. The molecule has 1 fully saturated rings. The van der Waals surface area contributed by atoms with Crippen molar-refractivity contribution in [3.05, 3.63) is 113 Å². The lowest BCUT2D eigenvalue weighted by Gasteiger charge is -2.30. The molecule has 1 heterocycles. The fraction of sp³-hybridized carbons (Fsp3) is 0.342. The summed E-state index contributed by atoms with van der Waals surface area (Å²) in [5.74, 6) is -4.63. The van der Waals surface area contributed by atoms with Crippen LogP contribution in [0.2, 0.25) is 0 Å². The van der Waals surface area contributed by atoms with Crippen molar-refractivity contribution in [3.63, 3.8) is 0 Å². The number of sulfone groups is 1. The Balaban J connectivity index is 1.56. The Labute approximate surface area is 296 Å². The van der Waals surface area contributed by atoms with Gasteiger partial charge in [0.15, 0.2) is 21.5 Å². The highest BCUT2D eigenvalue weighted by Crippen LogP contribution is 2.30. The molecule has 2 N–H and O–H groups in total. The van der Waals surface area contributed by atoms with E-state index in [1.165, 1.54) is 29.2 Å². The summed E-state index contributed by atoms with van der Waals surface area (Å²) in [4.78, 5) is 41.3. The van der Waals surface area contributed by atoms with Crippen LogP contribution >= 0.6 is 0 Å². The minimum Gasteiger partial charge on any atom is -0.497 e. The molecule has 3 atom stereocenters. The molecule has 1 aliphatic rings. The minimum atomic E-state index is -3.60. The number of carbonyl (C=O) groups excluding carboxylic acids is 2. The van der Waals surface area contributed by atoms with Gasteiger partial charge in [0, 0.05) is 18.4 Å². The average Bonchev–Trinajstić information content (AvgIpc) is 3.59. The van der Waals surface area contributed by atoms with Crippen LogP contribution in [-0.2, 0) is 40.1 Å². The Bertz CT molecular complexity index is 1880.